The molecule has 1 fully saturated rings. The third kappa shape index (κ3) is 2.70. The molecule has 1 heterocycles. The zero-order valence-corrected chi connectivity index (χ0v) is 10.0. The predicted molar refractivity (Wildman–Crippen MR) is 65.2 cm³/mol. The minimum Gasteiger partial charge on any atom is -0.394 e. The van der Waals surface area contributed by atoms with Crippen molar-refractivity contribution in [3.05, 3.63) is 28.8 Å². The van der Waals surface area contributed by atoms with Crippen LogP contribution in [0.3, 0.4) is 0 Å². The molecular formula is C12H13ClN2O2. The van der Waals surface area contributed by atoms with Crippen LogP contribution in [0.25, 0.3) is 0 Å². The van der Waals surface area contributed by atoms with Crippen molar-refractivity contribution < 1.29 is 9.84 Å². The van der Waals surface area contributed by atoms with Crippen LogP contribution in [0.2, 0.25) is 5.02 Å². The lowest BCUT2D eigenvalue weighted by Crippen LogP contribution is -2.44. The van der Waals surface area contributed by atoms with Gasteiger partial charge in [0.15, 0.2) is 0 Å². The highest BCUT2D eigenvalue weighted by Crippen LogP contribution is 2.25. The van der Waals surface area contributed by atoms with E-state index in [4.69, 9.17) is 26.7 Å². The summed E-state index contributed by atoms with van der Waals surface area (Å²) in [4.78, 5) is 2.04. The molecule has 1 N–H and O–H groups in total. The predicted octanol–water partition coefficient (Wildman–Crippen LogP) is 1.41. The highest BCUT2D eigenvalue weighted by atomic mass is 35.5. The molecule has 1 saturated heterocycles. The number of aliphatic hydroxyl groups excluding tert-OH is 1. The van der Waals surface area contributed by atoms with Crippen LogP contribution in [0.1, 0.15) is 5.56 Å². The van der Waals surface area contributed by atoms with Crippen LogP contribution in [-0.4, -0.2) is 37.5 Å². The Bertz CT molecular complexity index is 445. The van der Waals surface area contributed by atoms with E-state index in [0.29, 0.717) is 30.3 Å². The molecule has 1 aromatic rings. The first-order valence-electron chi connectivity index (χ1n) is 5.41. The van der Waals surface area contributed by atoms with Gasteiger partial charge in [0.2, 0.25) is 0 Å². The van der Waals surface area contributed by atoms with Gasteiger partial charge < -0.3 is 14.7 Å². The molecule has 1 aliphatic rings. The largest absolute Gasteiger partial charge is 0.394 e. The summed E-state index contributed by atoms with van der Waals surface area (Å²) >= 11 is 5.86. The van der Waals surface area contributed by atoms with Crippen molar-refractivity contribution in [3.63, 3.8) is 0 Å². The summed E-state index contributed by atoms with van der Waals surface area (Å²) in [7, 11) is 0. The normalized spacial score (nSPS) is 20.1. The summed E-state index contributed by atoms with van der Waals surface area (Å²) in [5.41, 5.74) is 1.40. The second-order valence-electron chi connectivity index (χ2n) is 3.89. The fourth-order valence-corrected chi connectivity index (χ4v) is 2.09. The molecule has 0 aromatic heterocycles. The zero-order valence-electron chi connectivity index (χ0n) is 9.27. The van der Waals surface area contributed by atoms with Gasteiger partial charge >= 0.3 is 0 Å². The second-order valence-corrected chi connectivity index (χ2v) is 4.33. The van der Waals surface area contributed by atoms with Gasteiger partial charge in [-0.1, -0.05) is 11.6 Å². The van der Waals surface area contributed by atoms with E-state index < -0.39 is 0 Å². The Morgan fingerprint density at radius 3 is 3.12 bits per heavy atom. The lowest BCUT2D eigenvalue weighted by Gasteiger charge is -2.34. The van der Waals surface area contributed by atoms with E-state index in [-0.39, 0.29) is 12.7 Å². The summed E-state index contributed by atoms with van der Waals surface area (Å²) in [6, 6.07) is 7.39. The summed E-state index contributed by atoms with van der Waals surface area (Å²) in [5, 5.41) is 18.7. The number of morpholine rings is 1. The van der Waals surface area contributed by atoms with E-state index in [9.17, 15) is 0 Å². The van der Waals surface area contributed by atoms with Gasteiger partial charge in [-0.05, 0) is 18.2 Å². The Labute approximate surface area is 105 Å². The van der Waals surface area contributed by atoms with E-state index in [1.807, 2.05) is 11.0 Å². The Balaban J connectivity index is 2.24. The molecule has 90 valence electrons. The topological polar surface area (TPSA) is 56.5 Å². The Kier molecular flexibility index (Phi) is 3.85. The van der Waals surface area contributed by atoms with Crippen LogP contribution in [0.5, 0.6) is 0 Å². The van der Waals surface area contributed by atoms with Crippen molar-refractivity contribution in [1.29, 1.82) is 5.26 Å². The molecule has 0 radical (unpaired) electrons. The lowest BCUT2D eigenvalue weighted by molar-refractivity contribution is 0.00356. The Morgan fingerprint density at radius 1 is 1.59 bits per heavy atom. The van der Waals surface area contributed by atoms with Gasteiger partial charge in [0.05, 0.1) is 30.6 Å². The summed E-state index contributed by atoms with van der Waals surface area (Å²) in [5.74, 6) is 0. The van der Waals surface area contributed by atoms with Crippen molar-refractivity contribution in [2.24, 2.45) is 0 Å². The first-order chi connectivity index (χ1) is 8.24. The molecule has 0 bridgehead atoms. The molecule has 17 heavy (non-hydrogen) atoms. The fourth-order valence-electron chi connectivity index (χ4n) is 1.92. The fraction of sp³-hybridized carbons (Fsp3) is 0.417. The number of halogens is 1. The van der Waals surface area contributed by atoms with Crippen molar-refractivity contribution in [2.45, 2.75) is 6.10 Å². The maximum absolute atomic E-state index is 9.09. The van der Waals surface area contributed by atoms with Gasteiger partial charge in [0.1, 0.15) is 6.07 Å². The monoisotopic (exact) mass is 252 g/mol. The average molecular weight is 253 g/mol. The molecule has 4 nitrogen and oxygen atoms in total. The van der Waals surface area contributed by atoms with Gasteiger partial charge in [0.25, 0.3) is 0 Å². The molecule has 2 rings (SSSR count). The third-order valence-electron chi connectivity index (χ3n) is 2.76. The molecule has 1 unspecified atom stereocenters. The molecule has 0 aliphatic carbocycles. The standard InChI is InChI=1S/C12H13ClN2O2/c13-10-1-2-12(9(5-10)6-14)15-3-4-17-11(7-15)8-16/h1-2,5,11,16H,3-4,7-8H2. The summed E-state index contributed by atoms with van der Waals surface area (Å²) < 4.78 is 5.38. The number of aliphatic hydroxyl groups is 1. The molecule has 0 amide bonds. The maximum atomic E-state index is 9.09. The van der Waals surface area contributed by atoms with Gasteiger partial charge in [0, 0.05) is 18.1 Å². The van der Waals surface area contributed by atoms with Gasteiger partial charge in [-0.25, -0.2) is 0 Å². The average Bonchev–Trinajstić information content (AvgIpc) is 2.38. The Morgan fingerprint density at radius 2 is 2.41 bits per heavy atom. The molecule has 0 saturated carbocycles. The van der Waals surface area contributed by atoms with Crippen LogP contribution in [0.4, 0.5) is 5.69 Å². The quantitative estimate of drug-likeness (QED) is 0.865. The number of hydrogen-bond donors (Lipinski definition) is 1. The lowest BCUT2D eigenvalue weighted by atomic mass is 10.1. The second kappa shape index (κ2) is 5.37. The van der Waals surface area contributed by atoms with E-state index in [0.717, 1.165) is 5.69 Å². The first kappa shape index (κ1) is 12.2. The number of benzene rings is 1. The molecule has 5 heteroatoms. The van der Waals surface area contributed by atoms with E-state index in [2.05, 4.69) is 6.07 Å². The zero-order chi connectivity index (χ0) is 12.3. The van der Waals surface area contributed by atoms with Crippen molar-refractivity contribution in [2.75, 3.05) is 31.2 Å². The SMILES string of the molecule is N#Cc1cc(Cl)ccc1N1CCOC(CO)C1. The van der Waals surface area contributed by atoms with Crippen molar-refractivity contribution >= 4 is 17.3 Å². The summed E-state index contributed by atoms with van der Waals surface area (Å²) in [6.07, 6.45) is -0.189. The molecular weight excluding hydrogens is 240 g/mol. The van der Waals surface area contributed by atoms with Crippen LogP contribution in [-0.2, 0) is 4.74 Å². The van der Waals surface area contributed by atoms with Crippen LogP contribution in [0, 0.1) is 11.3 Å². The third-order valence-corrected chi connectivity index (χ3v) is 3.00. The number of hydrogen-bond acceptors (Lipinski definition) is 4. The highest BCUT2D eigenvalue weighted by molar-refractivity contribution is 6.30. The maximum Gasteiger partial charge on any atom is 0.101 e. The smallest absolute Gasteiger partial charge is 0.101 e. The highest BCUT2D eigenvalue weighted by Gasteiger charge is 2.21. The number of rotatable bonds is 2. The van der Waals surface area contributed by atoms with Crippen LogP contribution < -0.4 is 4.90 Å². The summed E-state index contributed by atoms with van der Waals surface area (Å²) in [6.45, 7) is 1.85. The van der Waals surface area contributed by atoms with Gasteiger partial charge in [-0.2, -0.15) is 5.26 Å². The van der Waals surface area contributed by atoms with Crippen molar-refractivity contribution in [3.8, 4) is 6.07 Å². The number of nitriles is 1. The van der Waals surface area contributed by atoms with E-state index in [1.165, 1.54) is 0 Å². The Hall–Kier alpha value is -1.28. The van der Waals surface area contributed by atoms with Gasteiger partial charge in [-0.3, -0.25) is 0 Å². The van der Waals surface area contributed by atoms with E-state index >= 15 is 0 Å². The molecule has 1 aliphatic heterocycles. The molecule has 1 atom stereocenters. The van der Waals surface area contributed by atoms with Crippen molar-refractivity contribution in [1.82, 2.24) is 0 Å². The minimum absolute atomic E-state index is 0.00796. The minimum atomic E-state index is -0.189. The number of ether oxygens (including phenoxy) is 1. The first-order valence-corrected chi connectivity index (χ1v) is 5.79. The number of anilines is 1. The van der Waals surface area contributed by atoms with Crippen LogP contribution in [0.15, 0.2) is 18.2 Å². The number of nitrogens with zero attached hydrogens (tertiary/aromatic N) is 2. The van der Waals surface area contributed by atoms with Crippen LogP contribution >= 0.6 is 11.6 Å². The molecule has 1 aromatic carbocycles. The van der Waals surface area contributed by atoms with Gasteiger partial charge in [-0.15, -0.1) is 0 Å². The molecule has 0 spiro atoms. The van der Waals surface area contributed by atoms with E-state index in [1.54, 1.807) is 12.1 Å².